The highest BCUT2D eigenvalue weighted by Crippen LogP contribution is 2.18. The van der Waals surface area contributed by atoms with Crippen LogP contribution < -0.4 is 5.73 Å². The van der Waals surface area contributed by atoms with E-state index >= 15 is 0 Å². The predicted octanol–water partition coefficient (Wildman–Crippen LogP) is 2.54. The van der Waals surface area contributed by atoms with E-state index in [0.29, 0.717) is 0 Å². The summed E-state index contributed by atoms with van der Waals surface area (Å²) in [4.78, 5) is 0. The number of hydrogen-bond acceptors (Lipinski definition) is 1. The average molecular weight is 190 g/mol. The van der Waals surface area contributed by atoms with Crippen LogP contribution in [0.1, 0.15) is 35.6 Å². The van der Waals surface area contributed by atoms with Crippen LogP contribution in [0.5, 0.6) is 0 Å². The number of rotatable bonds is 3. The second-order valence-electron chi connectivity index (χ2n) is 3.71. The highest BCUT2D eigenvalue weighted by atomic mass is 14.7. The molecule has 0 aliphatic rings. The molecular formula is C12H18N2. The summed E-state index contributed by atoms with van der Waals surface area (Å²) in [5.74, 6) is 0.179. The molecule has 2 heteroatoms. The van der Waals surface area contributed by atoms with E-state index in [4.69, 9.17) is 11.1 Å². The number of aryl methyl sites for hydroxylation is 2. The standard InChI is InChI=1S/C12H18N2/c1-4-5-10-7-6-8(2)11(9(10)3)12(13)14/h6-7H,4-5H2,1-3H3,(H3,13,14). The smallest absolute Gasteiger partial charge is 0.123 e. The van der Waals surface area contributed by atoms with Gasteiger partial charge in [-0.05, 0) is 37.0 Å². The number of benzene rings is 1. The molecule has 0 aromatic heterocycles. The van der Waals surface area contributed by atoms with E-state index in [9.17, 15) is 0 Å². The van der Waals surface area contributed by atoms with Crippen LogP contribution in [-0.4, -0.2) is 5.84 Å². The molecule has 14 heavy (non-hydrogen) atoms. The van der Waals surface area contributed by atoms with Gasteiger partial charge >= 0.3 is 0 Å². The second kappa shape index (κ2) is 4.27. The first kappa shape index (κ1) is 10.8. The molecule has 0 spiro atoms. The third-order valence-electron chi connectivity index (χ3n) is 2.57. The van der Waals surface area contributed by atoms with Crippen LogP contribution in [-0.2, 0) is 6.42 Å². The topological polar surface area (TPSA) is 49.9 Å². The van der Waals surface area contributed by atoms with E-state index in [1.165, 1.54) is 11.1 Å². The molecule has 0 saturated carbocycles. The lowest BCUT2D eigenvalue weighted by atomic mass is 9.95. The first-order chi connectivity index (χ1) is 6.57. The molecule has 0 radical (unpaired) electrons. The van der Waals surface area contributed by atoms with Gasteiger partial charge in [-0.2, -0.15) is 0 Å². The lowest BCUT2D eigenvalue weighted by Crippen LogP contribution is -2.15. The fourth-order valence-corrected chi connectivity index (χ4v) is 1.84. The Morgan fingerprint density at radius 2 is 2.00 bits per heavy atom. The minimum Gasteiger partial charge on any atom is -0.384 e. The largest absolute Gasteiger partial charge is 0.384 e. The van der Waals surface area contributed by atoms with Crippen molar-refractivity contribution in [2.75, 3.05) is 0 Å². The monoisotopic (exact) mass is 190 g/mol. The van der Waals surface area contributed by atoms with Crippen molar-refractivity contribution >= 4 is 5.84 Å². The van der Waals surface area contributed by atoms with Crippen LogP contribution in [0, 0.1) is 19.3 Å². The van der Waals surface area contributed by atoms with Gasteiger partial charge in [0.05, 0.1) is 0 Å². The molecule has 1 aromatic carbocycles. The quantitative estimate of drug-likeness (QED) is 0.558. The maximum Gasteiger partial charge on any atom is 0.123 e. The second-order valence-corrected chi connectivity index (χ2v) is 3.71. The Bertz CT molecular complexity index is 354. The van der Waals surface area contributed by atoms with Crippen molar-refractivity contribution in [3.8, 4) is 0 Å². The van der Waals surface area contributed by atoms with E-state index in [-0.39, 0.29) is 5.84 Å². The summed E-state index contributed by atoms with van der Waals surface area (Å²) in [5.41, 5.74) is 10.0. The van der Waals surface area contributed by atoms with Crippen LogP contribution >= 0.6 is 0 Å². The van der Waals surface area contributed by atoms with Gasteiger partial charge in [0.25, 0.3) is 0 Å². The van der Waals surface area contributed by atoms with E-state index < -0.39 is 0 Å². The normalized spacial score (nSPS) is 10.2. The fraction of sp³-hybridized carbons (Fsp3) is 0.417. The molecular weight excluding hydrogens is 172 g/mol. The molecule has 0 atom stereocenters. The number of nitrogen functional groups attached to an aromatic ring is 1. The summed E-state index contributed by atoms with van der Waals surface area (Å²) in [6.07, 6.45) is 2.19. The zero-order valence-electron chi connectivity index (χ0n) is 9.15. The SMILES string of the molecule is CCCc1ccc(C)c(C(=N)N)c1C. The van der Waals surface area contributed by atoms with Gasteiger partial charge in [-0.15, -0.1) is 0 Å². The summed E-state index contributed by atoms with van der Waals surface area (Å²) in [6, 6.07) is 4.19. The summed E-state index contributed by atoms with van der Waals surface area (Å²) in [7, 11) is 0. The summed E-state index contributed by atoms with van der Waals surface area (Å²) in [5, 5.41) is 7.52. The molecule has 0 unspecified atom stereocenters. The first-order valence-corrected chi connectivity index (χ1v) is 5.01. The molecule has 3 N–H and O–H groups in total. The van der Waals surface area contributed by atoms with Crippen molar-refractivity contribution in [2.45, 2.75) is 33.6 Å². The zero-order valence-corrected chi connectivity index (χ0v) is 9.15. The fourth-order valence-electron chi connectivity index (χ4n) is 1.84. The van der Waals surface area contributed by atoms with Gasteiger partial charge in [-0.1, -0.05) is 25.5 Å². The Morgan fingerprint density at radius 3 is 2.50 bits per heavy atom. The van der Waals surface area contributed by atoms with Crippen molar-refractivity contribution in [1.82, 2.24) is 0 Å². The van der Waals surface area contributed by atoms with Crippen molar-refractivity contribution < 1.29 is 0 Å². The van der Waals surface area contributed by atoms with Crippen LogP contribution in [0.25, 0.3) is 0 Å². The Hall–Kier alpha value is -1.31. The van der Waals surface area contributed by atoms with Crippen molar-refractivity contribution in [3.05, 3.63) is 34.4 Å². The summed E-state index contributed by atoms with van der Waals surface area (Å²) >= 11 is 0. The van der Waals surface area contributed by atoms with Crippen LogP contribution in [0.2, 0.25) is 0 Å². The van der Waals surface area contributed by atoms with Crippen LogP contribution in [0.4, 0.5) is 0 Å². The molecule has 0 bridgehead atoms. The van der Waals surface area contributed by atoms with E-state index in [2.05, 4.69) is 26.0 Å². The third-order valence-corrected chi connectivity index (χ3v) is 2.57. The minimum atomic E-state index is 0.179. The highest BCUT2D eigenvalue weighted by molar-refractivity contribution is 5.98. The maximum absolute atomic E-state index is 7.52. The van der Waals surface area contributed by atoms with E-state index in [1.54, 1.807) is 0 Å². The van der Waals surface area contributed by atoms with Gasteiger partial charge in [0.15, 0.2) is 0 Å². The molecule has 1 rings (SSSR count). The van der Waals surface area contributed by atoms with Crippen molar-refractivity contribution in [2.24, 2.45) is 5.73 Å². The lowest BCUT2D eigenvalue weighted by molar-refractivity contribution is 0.910. The number of hydrogen-bond donors (Lipinski definition) is 2. The van der Waals surface area contributed by atoms with Crippen LogP contribution in [0.3, 0.4) is 0 Å². The number of nitrogens with two attached hydrogens (primary N) is 1. The first-order valence-electron chi connectivity index (χ1n) is 5.01. The Morgan fingerprint density at radius 1 is 1.36 bits per heavy atom. The molecule has 2 nitrogen and oxygen atoms in total. The van der Waals surface area contributed by atoms with E-state index in [1.807, 2.05) is 6.92 Å². The van der Waals surface area contributed by atoms with Gasteiger partial charge < -0.3 is 5.73 Å². The minimum absolute atomic E-state index is 0.179. The average Bonchev–Trinajstić information content (AvgIpc) is 2.10. The van der Waals surface area contributed by atoms with Gasteiger partial charge in [0.1, 0.15) is 5.84 Å². The molecule has 0 heterocycles. The molecule has 76 valence electrons. The summed E-state index contributed by atoms with van der Waals surface area (Å²) in [6.45, 7) is 6.21. The molecule has 1 aromatic rings. The zero-order chi connectivity index (χ0) is 10.7. The lowest BCUT2D eigenvalue weighted by Gasteiger charge is -2.12. The van der Waals surface area contributed by atoms with Crippen LogP contribution in [0.15, 0.2) is 12.1 Å². The summed E-state index contributed by atoms with van der Waals surface area (Å²) < 4.78 is 0. The molecule has 0 aliphatic carbocycles. The Balaban J connectivity index is 3.26. The third kappa shape index (κ3) is 1.95. The molecule has 0 saturated heterocycles. The van der Waals surface area contributed by atoms with E-state index in [0.717, 1.165) is 24.0 Å². The van der Waals surface area contributed by atoms with Gasteiger partial charge in [-0.25, -0.2) is 0 Å². The van der Waals surface area contributed by atoms with Gasteiger partial charge in [0, 0.05) is 5.56 Å². The highest BCUT2D eigenvalue weighted by Gasteiger charge is 2.08. The Kier molecular flexibility index (Phi) is 3.28. The van der Waals surface area contributed by atoms with Crippen molar-refractivity contribution in [1.29, 1.82) is 5.41 Å². The molecule has 0 fully saturated rings. The number of amidine groups is 1. The maximum atomic E-state index is 7.52. The van der Waals surface area contributed by atoms with Crippen molar-refractivity contribution in [3.63, 3.8) is 0 Å². The Labute approximate surface area is 85.6 Å². The van der Waals surface area contributed by atoms with Gasteiger partial charge in [0.2, 0.25) is 0 Å². The molecule has 0 amide bonds. The van der Waals surface area contributed by atoms with Gasteiger partial charge in [-0.3, -0.25) is 5.41 Å². The predicted molar refractivity (Wildman–Crippen MR) is 60.9 cm³/mol. The number of nitrogens with one attached hydrogen (secondary N) is 1. The molecule has 0 aliphatic heterocycles.